The lowest BCUT2D eigenvalue weighted by molar-refractivity contribution is -0.269. The summed E-state index contributed by atoms with van der Waals surface area (Å²) in [5.41, 5.74) is -1.59. The fraction of sp³-hybridized carbons (Fsp3) is 0.462. The Labute approximate surface area is 223 Å². The van der Waals surface area contributed by atoms with Gasteiger partial charge in [-0.25, -0.2) is 4.39 Å². The van der Waals surface area contributed by atoms with Crippen LogP contribution in [-0.2, 0) is 19.9 Å². The van der Waals surface area contributed by atoms with E-state index in [0.717, 1.165) is 38.8 Å². The summed E-state index contributed by atoms with van der Waals surface area (Å²) >= 11 is 11.3. The molecule has 0 radical (unpaired) electrons. The molecule has 11 heteroatoms. The summed E-state index contributed by atoms with van der Waals surface area (Å²) in [7, 11) is 0.988. The Balaban J connectivity index is 0.000000214. The van der Waals surface area contributed by atoms with Crippen molar-refractivity contribution < 1.29 is 31.9 Å². The number of hydrogen-bond acceptors (Lipinski definition) is 3. The molecular formula is C26H28Cl2F4N2O3. The van der Waals surface area contributed by atoms with Crippen LogP contribution in [0.25, 0.3) is 0 Å². The fourth-order valence-corrected chi connectivity index (χ4v) is 5.46. The van der Waals surface area contributed by atoms with Gasteiger partial charge in [-0.2, -0.15) is 13.2 Å². The number of carbonyl (C=O) groups is 2. The Morgan fingerprint density at radius 1 is 1.08 bits per heavy atom. The van der Waals surface area contributed by atoms with E-state index >= 15 is 0 Å². The Bertz CT molecular complexity index is 1090. The first-order chi connectivity index (χ1) is 17.3. The van der Waals surface area contributed by atoms with Crippen molar-refractivity contribution in [3.8, 4) is 0 Å². The van der Waals surface area contributed by atoms with Crippen LogP contribution in [-0.4, -0.2) is 50.1 Å². The minimum atomic E-state index is -4.55. The average Bonchev–Trinajstić information content (AvgIpc) is 2.84. The lowest BCUT2D eigenvalue weighted by Crippen LogP contribution is -2.51. The topological polar surface area (TPSA) is 58.6 Å². The summed E-state index contributed by atoms with van der Waals surface area (Å²) in [6, 6.07) is 10.3. The van der Waals surface area contributed by atoms with Crippen molar-refractivity contribution in [2.75, 3.05) is 26.7 Å². The Morgan fingerprint density at radius 2 is 1.65 bits per heavy atom. The maximum atomic E-state index is 13.1. The molecule has 5 nitrogen and oxygen atoms in total. The van der Waals surface area contributed by atoms with Crippen molar-refractivity contribution >= 4 is 35.5 Å². The Hall–Kier alpha value is -2.36. The number of nitrogens with zero attached hydrogens (tertiary/aromatic N) is 1. The molecule has 2 saturated heterocycles. The molecule has 4 rings (SSSR count). The maximum Gasteiger partial charge on any atom is 0.421 e. The lowest BCUT2D eigenvalue weighted by atomic mass is 9.62. The number of likely N-dealkylation sites (tertiary alicyclic amines) is 1. The van der Waals surface area contributed by atoms with Crippen LogP contribution >= 0.6 is 23.2 Å². The predicted octanol–water partition coefficient (Wildman–Crippen LogP) is 6.09. The SMILES string of the molecule is COC(C)(c1cc(Cl)cc(Cl)c1)C(F)(F)F.O=CN1CCC2(CC1)CC(=O)NCC2c1ccc(F)cc1. The van der Waals surface area contributed by atoms with Gasteiger partial charge in [-0.15, -0.1) is 0 Å². The van der Waals surface area contributed by atoms with Gasteiger partial charge in [-0.3, -0.25) is 9.59 Å². The standard InChI is InChI=1S/C16H19FN2O2.C10H9Cl2F3O/c17-13-3-1-12(2-4-13)14-10-18-15(21)9-16(14)5-7-19(11-20)8-6-16;1-9(16-2,10(13,14)15)6-3-7(11)5-8(12)4-6/h1-4,11,14H,5-10H2,(H,18,21);3-5H,1-2H3. The van der Waals surface area contributed by atoms with Gasteiger partial charge >= 0.3 is 6.18 Å². The molecule has 2 heterocycles. The highest BCUT2D eigenvalue weighted by Gasteiger charge is 2.53. The highest BCUT2D eigenvalue weighted by molar-refractivity contribution is 6.34. The number of hydrogen-bond donors (Lipinski definition) is 1. The van der Waals surface area contributed by atoms with Gasteiger partial charge < -0.3 is 15.0 Å². The van der Waals surface area contributed by atoms with E-state index in [1.807, 2.05) is 12.1 Å². The minimum Gasteiger partial charge on any atom is -0.364 e. The van der Waals surface area contributed by atoms with E-state index in [9.17, 15) is 27.2 Å². The van der Waals surface area contributed by atoms with Gasteiger partial charge in [0.05, 0.1) is 0 Å². The molecule has 2 aromatic rings. The first-order valence-corrected chi connectivity index (χ1v) is 12.4. The third-order valence-corrected chi connectivity index (χ3v) is 7.77. The van der Waals surface area contributed by atoms with E-state index < -0.39 is 11.8 Å². The van der Waals surface area contributed by atoms with Crippen LogP contribution in [0.5, 0.6) is 0 Å². The number of piperidine rings is 2. The number of benzene rings is 2. The second-order valence-electron chi connectivity index (χ2n) is 9.48. The van der Waals surface area contributed by atoms with Gasteiger partial charge in [0.1, 0.15) is 5.82 Å². The van der Waals surface area contributed by atoms with Crippen molar-refractivity contribution in [1.29, 1.82) is 0 Å². The molecule has 0 saturated carbocycles. The first kappa shape index (κ1) is 29.2. The van der Waals surface area contributed by atoms with E-state index in [4.69, 9.17) is 23.2 Å². The van der Waals surface area contributed by atoms with Crippen molar-refractivity contribution in [3.63, 3.8) is 0 Å². The fourth-order valence-electron chi connectivity index (χ4n) is 4.93. The molecule has 2 aliphatic heterocycles. The van der Waals surface area contributed by atoms with Gasteiger partial charge in [-0.1, -0.05) is 35.3 Å². The molecule has 2 fully saturated rings. The predicted molar refractivity (Wildman–Crippen MR) is 133 cm³/mol. The number of carbonyl (C=O) groups excluding carboxylic acids is 2. The van der Waals surface area contributed by atoms with Gasteiger partial charge in [0.2, 0.25) is 12.3 Å². The van der Waals surface area contributed by atoms with Crippen molar-refractivity contribution in [2.24, 2.45) is 5.41 Å². The average molecular weight is 563 g/mol. The molecule has 2 atom stereocenters. The van der Waals surface area contributed by atoms with Crippen LogP contribution in [0.2, 0.25) is 10.0 Å². The number of alkyl halides is 3. The smallest absolute Gasteiger partial charge is 0.364 e. The highest BCUT2D eigenvalue weighted by atomic mass is 35.5. The van der Waals surface area contributed by atoms with E-state index in [2.05, 4.69) is 10.1 Å². The lowest BCUT2D eigenvalue weighted by Gasteiger charge is -2.48. The zero-order valence-electron chi connectivity index (χ0n) is 20.4. The second-order valence-corrected chi connectivity index (χ2v) is 10.4. The molecule has 202 valence electrons. The van der Waals surface area contributed by atoms with Gasteiger partial charge in [0.15, 0.2) is 5.60 Å². The van der Waals surface area contributed by atoms with Gasteiger partial charge in [-0.05, 0) is 66.6 Å². The minimum absolute atomic E-state index is 0.0768. The van der Waals surface area contributed by atoms with E-state index in [-0.39, 0.29) is 38.7 Å². The first-order valence-electron chi connectivity index (χ1n) is 11.6. The molecule has 0 aliphatic carbocycles. The summed E-state index contributed by atoms with van der Waals surface area (Å²) in [5, 5.41) is 3.19. The second kappa shape index (κ2) is 11.6. The van der Waals surface area contributed by atoms with Crippen molar-refractivity contribution in [3.05, 3.63) is 69.5 Å². The summed E-state index contributed by atoms with van der Waals surface area (Å²) in [6.45, 7) is 2.89. The summed E-state index contributed by atoms with van der Waals surface area (Å²) < 4.78 is 56.2. The number of halogens is 6. The molecule has 1 spiro atoms. The molecule has 1 N–H and O–H groups in total. The third-order valence-electron chi connectivity index (χ3n) is 7.33. The van der Waals surface area contributed by atoms with E-state index in [1.54, 1.807) is 4.90 Å². The maximum absolute atomic E-state index is 13.1. The number of ether oxygens (including phenoxy) is 1. The van der Waals surface area contributed by atoms with E-state index in [1.165, 1.54) is 30.3 Å². The van der Waals surface area contributed by atoms with Crippen LogP contribution in [0.4, 0.5) is 17.6 Å². The number of nitrogens with one attached hydrogen (secondary N) is 1. The molecule has 0 aromatic heterocycles. The van der Waals surface area contributed by atoms with Gasteiger partial charge in [0, 0.05) is 49.1 Å². The van der Waals surface area contributed by atoms with Crippen molar-refractivity contribution in [1.82, 2.24) is 10.2 Å². The monoisotopic (exact) mass is 562 g/mol. The molecule has 2 aliphatic rings. The van der Waals surface area contributed by atoms with Crippen LogP contribution in [0, 0.1) is 11.2 Å². The largest absolute Gasteiger partial charge is 0.421 e. The third kappa shape index (κ3) is 6.56. The molecule has 2 aromatic carbocycles. The summed E-state index contributed by atoms with van der Waals surface area (Å²) in [6.07, 6.45) is -1.54. The molecule has 0 bridgehead atoms. The van der Waals surface area contributed by atoms with E-state index in [0.29, 0.717) is 26.1 Å². The molecule has 2 amide bonds. The normalized spacial score (nSPS) is 20.9. The van der Waals surface area contributed by atoms with Crippen LogP contribution < -0.4 is 5.32 Å². The highest BCUT2D eigenvalue weighted by Crippen LogP contribution is 2.48. The number of amides is 2. The number of rotatable bonds is 4. The van der Waals surface area contributed by atoms with Crippen LogP contribution in [0.1, 0.15) is 43.2 Å². The zero-order chi connectivity index (χ0) is 27.4. The van der Waals surface area contributed by atoms with Crippen LogP contribution in [0.3, 0.4) is 0 Å². The molecular weight excluding hydrogens is 535 g/mol. The Morgan fingerprint density at radius 3 is 2.14 bits per heavy atom. The Kier molecular flexibility index (Phi) is 9.14. The quantitative estimate of drug-likeness (QED) is 0.362. The number of methoxy groups -OCH3 is 1. The molecule has 37 heavy (non-hydrogen) atoms. The van der Waals surface area contributed by atoms with Crippen LogP contribution in [0.15, 0.2) is 42.5 Å². The zero-order valence-corrected chi connectivity index (χ0v) is 21.9. The summed E-state index contributed by atoms with van der Waals surface area (Å²) in [4.78, 5) is 24.5. The van der Waals surface area contributed by atoms with Gasteiger partial charge in [0.25, 0.3) is 0 Å². The van der Waals surface area contributed by atoms with Crippen molar-refractivity contribution in [2.45, 2.75) is 43.9 Å². The molecule has 2 unspecified atom stereocenters. The summed E-state index contributed by atoms with van der Waals surface area (Å²) in [5.74, 6) is 0.0148.